The van der Waals surface area contributed by atoms with Gasteiger partial charge in [0, 0.05) is 18.7 Å². The molecule has 6 aliphatic rings. The van der Waals surface area contributed by atoms with Gasteiger partial charge in [-0.3, -0.25) is 19.3 Å². The Morgan fingerprint density at radius 2 is 1.71 bits per heavy atom. The molecule has 0 atom stereocenters. The van der Waals surface area contributed by atoms with Crippen LogP contribution in [0.5, 0.6) is 5.75 Å². The van der Waals surface area contributed by atoms with E-state index in [2.05, 4.69) is 12.1 Å². The lowest BCUT2D eigenvalue weighted by Gasteiger charge is -2.57. The SMILES string of the molecule is COc1ccc(C23CC4CC(CC(C4)C2)C3)cc1/C=C1/SC(=O)N(CC(=O)N2CCCCC2)C1=O. The number of nitrogens with zero attached hydrogens (tertiary/aromatic N) is 2. The van der Waals surface area contributed by atoms with Crippen LogP contribution in [0.25, 0.3) is 6.08 Å². The average molecular weight is 495 g/mol. The monoisotopic (exact) mass is 494 g/mol. The number of hydrogen-bond acceptors (Lipinski definition) is 5. The van der Waals surface area contributed by atoms with Crippen LogP contribution in [0.1, 0.15) is 68.9 Å². The highest BCUT2D eigenvalue weighted by atomic mass is 32.2. The molecule has 0 aromatic heterocycles. The Balaban J connectivity index is 1.25. The predicted molar refractivity (Wildman–Crippen MR) is 136 cm³/mol. The Labute approximate surface area is 211 Å². The molecule has 2 saturated heterocycles. The fraction of sp³-hybridized carbons (Fsp3) is 0.607. The minimum Gasteiger partial charge on any atom is -0.496 e. The normalized spacial score (nSPS) is 33.2. The number of hydrogen-bond donors (Lipinski definition) is 0. The van der Waals surface area contributed by atoms with Crippen LogP contribution >= 0.6 is 11.8 Å². The van der Waals surface area contributed by atoms with Crippen molar-refractivity contribution in [1.82, 2.24) is 9.80 Å². The molecule has 2 heterocycles. The van der Waals surface area contributed by atoms with Gasteiger partial charge in [-0.05, 0) is 116 Å². The molecule has 186 valence electrons. The minimum absolute atomic E-state index is 0.144. The molecule has 3 amide bonds. The van der Waals surface area contributed by atoms with Crippen molar-refractivity contribution in [2.75, 3.05) is 26.7 Å². The maximum Gasteiger partial charge on any atom is 0.294 e. The van der Waals surface area contributed by atoms with Crippen LogP contribution in [-0.4, -0.2) is 53.6 Å². The fourth-order valence-electron chi connectivity index (χ4n) is 7.80. The summed E-state index contributed by atoms with van der Waals surface area (Å²) in [5.74, 6) is 2.72. The molecular weight excluding hydrogens is 460 g/mol. The molecule has 6 nitrogen and oxygen atoms in total. The van der Waals surface area contributed by atoms with Gasteiger partial charge in [0.1, 0.15) is 12.3 Å². The van der Waals surface area contributed by atoms with Crippen LogP contribution in [0.2, 0.25) is 0 Å². The third kappa shape index (κ3) is 4.20. The Hall–Kier alpha value is -2.28. The van der Waals surface area contributed by atoms with E-state index in [1.54, 1.807) is 18.1 Å². The first kappa shape index (κ1) is 23.1. The van der Waals surface area contributed by atoms with Gasteiger partial charge < -0.3 is 9.64 Å². The van der Waals surface area contributed by atoms with Crippen molar-refractivity contribution >= 4 is 34.9 Å². The first-order valence-electron chi connectivity index (χ1n) is 13.2. The van der Waals surface area contributed by atoms with Crippen molar-refractivity contribution in [3.8, 4) is 5.75 Å². The van der Waals surface area contributed by atoms with Crippen molar-refractivity contribution in [2.24, 2.45) is 17.8 Å². The molecule has 1 aromatic carbocycles. The molecule has 0 unspecified atom stereocenters. The van der Waals surface area contributed by atoms with E-state index in [1.807, 2.05) is 6.07 Å². The fourth-order valence-corrected chi connectivity index (χ4v) is 8.63. The summed E-state index contributed by atoms with van der Waals surface area (Å²) in [6.45, 7) is 1.24. The van der Waals surface area contributed by atoms with Crippen molar-refractivity contribution in [1.29, 1.82) is 0 Å². The van der Waals surface area contributed by atoms with E-state index in [0.717, 1.165) is 59.2 Å². The van der Waals surface area contributed by atoms with Gasteiger partial charge in [0.25, 0.3) is 11.1 Å². The number of thioether (sulfide) groups is 1. The Morgan fingerprint density at radius 1 is 1.06 bits per heavy atom. The number of piperidine rings is 1. The van der Waals surface area contributed by atoms with E-state index in [-0.39, 0.29) is 29.0 Å². The molecule has 7 rings (SSSR count). The van der Waals surface area contributed by atoms with E-state index in [1.165, 1.54) is 44.1 Å². The van der Waals surface area contributed by atoms with Gasteiger partial charge in [-0.15, -0.1) is 0 Å². The average Bonchev–Trinajstić information content (AvgIpc) is 3.11. The standard InChI is InChI=1S/C28H34N2O4S/c1-34-23-6-5-22(28-14-18-9-19(15-28)11-20(10-18)16-28)12-21(23)13-24-26(32)30(27(33)35-24)17-25(31)29-7-3-2-4-8-29/h5-6,12-13,18-20H,2-4,7-11,14-17H2,1H3/b24-13+. The van der Waals surface area contributed by atoms with Crippen LogP contribution in [-0.2, 0) is 15.0 Å². The predicted octanol–water partition coefficient (Wildman–Crippen LogP) is 5.21. The molecule has 35 heavy (non-hydrogen) atoms. The lowest BCUT2D eigenvalue weighted by molar-refractivity contribution is -0.136. The number of likely N-dealkylation sites (tertiary alicyclic amines) is 1. The van der Waals surface area contributed by atoms with E-state index >= 15 is 0 Å². The molecule has 4 saturated carbocycles. The van der Waals surface area contributed by atoms with Crippen LogP contribution in [0.4, 0.5) is 4.79 Å². The molecule has 2 aliphatic heterocycles. The van der Waals surface area contributed by atoms with E-state index < -0.39 is 0 Å². The van der Waals surface area contributed by atoms with Crippen LogP contribution in [0.3, 0.4) is 0 Å². The summed E-state index contributed by atoms with van der Waals surface area (Å²) in [5, 5.41) is -0.372. The Kier molecular flexibility index (Phi) is 5.94. The molecule has 1 aromatic rings. The van der Waals surface area contributed by atoms with Gasteiger partial charge in [0.2, 0.25) is 5.91 Å². The van der Waals surface area contributed by atoms with E-state index in [4.69, 9.17) is 4.74 Å². The van der Waals surface area contributed by atoms with Crippen LogP contribution in [0, 0.1) is 17.8 Å². The molecule has 0 spiro atoms. The topological polar surface area (TPSA) is 66.9 Å². The summed E-state index contributed by atoms with van der Waals surface area (Å²) in [4.78, 5) is 41.8. The van der Waals surface area contributed by atoms with Crippen LogP contribution < -0.4 is 4.74 Å². The number of methoxy groups -OCH3 is 1. The molecule has 4 aliphatic carbocycles. The van der Waals surface area contributed by atoms with E-state index in [9.17, 15) is 14.4 Å². The zero-order chi connectivity index (χ0) is 24.2. The zero-order valence-electron chi connectivity index (χ0n) is 20.5. The van der Waals surface area contributed by atoms with Crippen molar-refractivity contribution < 1.29 is 19.1 Å². The van der Waals surface area contributed by atoms with Gasteiger partial charge in [0.15, 0.2) is 0 Å². The number of carbonyl (C=O) groups is 3. The third-order valence-corrected chi connectivity index (χ3v) is 9.95. The van der Waals surface area contributed by atoms with Gasteiger partial charge in [-0.2, -0.15) is 0 Å². The highest BCUT2D eigenvalue weighted by Gasteiger charge is 2.51. The quantitative estimate of drug-likeness (QED) is 0.526. The maximum absolute atomic E-state index is 13.1. The third-order valence-electron chi connectivity index (χ3n) is 9.04. The van der Waals surface area contributed by atoms with E-state index in [0.29, 0.717) is 23.7 Å². The van der Waals surface area contributed by atoms with Crippen LogP contribution in [0.15, 0.2) is 23.1 Å². The van der Waals surface area contributed by atoms with Gasteiger partial charge in [-0.1, -0.05) is 6.07 Å². The highest BCUT2D eigenvalue weighted by molar-refractivity contribution is 8.18. The Bertz CT molecular complexity index is 1060. The van der Waals surface area contributed by atoms with Crippen molar-refractivity contribution in [3.63, 3.8) is 0 Å². The molecular formula is C28H34N2O4S. The molecule has 7 heteroatoms. The van der Waals surface area contributed by atoms with Gasteiger partial charge in [-0.25, -0.2) is 0 Å². The van der Waals surface area contributed by atoms with Crippen molar-refractivity contribution in [2.45, 2.75) is 63.2 Å². The lowest BCUT2D eigenvalue weighted by atomic mass is 9.48. The number of carbonyl (C=O) groups excluding carboxylic acids is 3. The summed E-state index contributed by atoms with van der Waals surface area (Å²) in [6.07, 6.45) is 12.8. The minimum atomic E-state index is -0.382. The first-order chi connectivity index (χ1) is 16.9. The second-order valence-corrected chi connectivity index (χ2v) is 12.4. The summed E-state index contributed by atoms with van der Waals surface area (Å²) in [6, 6.07) is 6.43. The summed E-state index contributed by atoms with van der Waals surface area (Å²) >= 11 is 0.922. The Morgan fingerprint density at radius 3 is 2.34 bits per heavy atom. The molecule has 6 fully saturated rings. The molecule has 4 bridgehead atoms. The first-order valence-corrected chi connectivity index (χ1v) is 14.0. The summed E-state index contributed by atoms with van der Waals surface area (Å²) in [7, 11) is 1.64. The molecule has 0 N–H and O–H groups in total. The number of imide groups is 1. The number of ether oxygens (including phenoxy) is 1. The number of benzene rings is 1. The summed E-state index contributed by atoms with van der Waals surface area (Å²) < 4.78 is 5.64. The lowest BCUT2D eigenvalue weighted by Crippen LogP contribution is -2.48. The smallest absolute Gasteiger partial charge is 0.294 e. The molecule has 0 radical (unpaired) electrons. The summed E-state index contributed by atoms with van der Waals surface area (Å²) in [5.41, 5.74) is 2.43. The largest absolute Gasteiger partial charge is 0.496 e. The second kappa shape index (κ2) is 8.99. The van der Waals surface area contributed by atoms with Gasteiger partial charge >= 0.3 is 0 Å². The highest BCUT2D eigenvalue weighted by Crippen LogP contribution is 2.61. The number of rotatable bonds is 5. The van der Waals surface area contributed by atoms with Crippen molar-refractivity contribution in [3.05, 3.63) is 34.2 Å². The maximum atomic E-state index is 13.1. The second-order valence-electron chi connectivity index (χ2n) is 11.4. The number of amides is 3. The van der Waals surface area contributed by atoms with Gasteiger partial charge in [0.05, 0.1) is 12.0 Å². The zero-order valence-corrected chi connectivity index (χ0v) is 21.3.